The highest BCUT2D eigenvalue weighted by molar-refractivity contribution is 6.01. The molecule has 1 unspecified atom stereocenters. The van der Waals surface area contributed by atoms with Crippen LogP contribution in [-0.2, 0) is 15.7 Å². The van der Waals surface area contributed by atoms with Gasteiger partial charge in [-0.15, -0.1) is 0 Å². The number of alkyl halides is 3. The first kappa shape index (κ1) is 19.9. The Kier molecular flexibility index (Phi) is 5.42. The number of amides is 1. The van der Waals surface area contributed by atoms with Gasteiger partial charge in [-0.3, -0.25) is 4.79 Å². The Bertz CT molecular complexity index is 880. The number of benzene rings is 2. The van der Waals surface area contributed by atoms with Gasteiger partial charge in [0.25, 0.3) is 5.91 Å². The number of carbonyl (C=O) groups excluding carboxylic acids is 1. The lowest BCUT2D eigenvalue weighted by molar-refractivity contribution is -0.160. The van der Waals surface area contributed by atoms with Gasteiger partial charge in [-0.1, -0.05) is 30.3 Å². The summed E-state index contributed by atoms with van der Waals surface area (Å²) in [6.45, 7) is 1.81. The maximum Gasteiger partial charge on any atom is 0.416 e. The van der Waals surface area contributed by atoms with E-state index in [0.717, 1.165) is 12.1 Å². The maximum absolute atomic E-state index is 13.0. The molecule has 1 N–H and O–H groups in total. The Balaban J connectivity index is 1.91. The van der Waals surface area contributed by atoms with Crippen molar-refractivity contribution in [3.63, 3.8) is 0 Å². The van der Waals surface area contributed by atoms with E-state index in [2.05, 4.69) is 0 Å². The number of hydrogen-bond acceptors (Lipinski definition) is 3. The number of aliphatic carboxylic acids is 1. The number of morpholine rings is 1. The standard InChI is InChI=1S/C20H18F3NO4/c1-12-10-24(11-17(28-12)19(26)27)18(25)16-5-3-2-4-15(16)13-6-8-14(9-7-13)20(21,22)23/h2-9,12,17H,10-11H2,1H3,(H,26,27)/t12-,17?/m1/s1. The molecule has 1 fully saturated rings. The van der Waals surface area contributed by atoms with Gasteiger partial charge in [0.15, 0.2) is 6.10 Å². The molecule has 1 aliphatic heterocycles. The van der Waals surface area contributed by atoms with Gasteiger partial charge in [0.1, 0.15) is 0 Å². The van der Waals surface area contributed by atoms with Crippen molar-refractivity contribution in [2.45, 2.75) is 25.3 Å². The molecular formula is C20H18F3NO4. The lowest BCUT2D eigenvalue weighted by Crippen LogP contribution is -2.51. The topological polar surface area (TPSA) is 66.8 Å². The lowest BCUT2D eigenvalue weighted by atomic mass is 9.97. The summed E-state index contributed by atoms with van der Waals surface area (Å²) in [6.07, 6.45) is -6.01. The van der Waals surface area contributed by atoms with Crippen LogP contribution in [0.2, 0.25) is 0 Å². The molecule has 0 aliphatic carbocycles. The van der Waals surface area contributed by atoms with Crippen molar-refractivity contribution in [3.05, 3.63) is 59.7 Å². The zero-order valence-corrected chi connectivity index (χ0v) is 14.9. The van der Waals surface area contributed by atoms with Gasteiger partial charge in [0, 0.05) is 12.1 Å². The molecule has 3 rings (SSSR count). The monoisotopic (exact) mass is 393 g/mol. The van der Waals surface area contributed by atoms with E-state index in [1.54, 1.807) is 31.2 Å². The van der Waals surface area contributed by atoms with E-state index in [4.69, 9.17) is 4.74 Å². The molecule has 0 spiro atoms. The maximum atomic E-state index is 13.0. The van der Waals surface area contributed by atoms with Gasteiger partial charge in [0.2, 0.25) is 0 Å². The first-order valence-electron chi connectivity index (χ1n) is 8.61. The predicted molar refractivity (Wildman–Crippen MR) is 94.8 cm³/mol. The molecule has 2 aromatic carbocycles. The van der Waals surface area contributed by atoms with E-state index < -0.39 is 35.8 Å². The Hall–Kier alpha value is -2.87. The Morgan fingerprint density at radius 3 is 2.32 bits per heavy atom. The minimum Gasteiger partial charge on any atom is -0.479 e. The Morgan fingerprint density at radius 1 is 1.07 bits per heavy atom. The normalized spacial score (nSPS) is 20.1. The van der Waals surface area contributed by atoms with Gasteiger partial charge in [-0.25, -0.2) is 4.79 Å². The summed E-state index contributed by atoms with van der Waals surface area (Å²) in [5.74, 6) is -1.54. The molecule has 148 valence electrons. The summed E-state index contributed by atoms with van der Waals surface area (Å²) in [6, 6.07) is 11.1. The molecule has 1 saturated heterocycles. The summed E-state index contributed by atoms with van der Waals surface area (Å²) < 4.78 is 43.7. The predicted octanol–water partition coefficient (Wildman–Crippen LogP) is 3.69. The van der Waals surface area contributed by atoms with E-state index in [9.17, 15) is 27.9 Å². The number of hydrogen-bond donors (Lipinski definition) is 1. The summed E-state index contributed by atoms with van der Waals surface area (Å²) in [5, 5.41) is 9.20. The average Bonchev–Trinajstić information content (AvgIpc) is 2.66. The smallest absolute Gasteiger partial charge is 0.416 e. The van der Waals surface area contributed by atoms with Crippen LogP contribution in [-0.4, -0.2) is 47.2 Å². The summed E-state index contributed by atoms with van der Waals surface area (Å²) in [5.41, 5.74) is 0.465. The van der Waals surface area contributed by atoms with E-state index in [-0.39, 0.29) is 13.1 Å². The molecule has 2 aromatic rings. The molecule has 8 heteroatoms. The molecule has 1 amide bonds. The molecule has 0 radical (unpaired) electrons. The summed E-state index contributed by atoms with van der Waals surface area (Å²) in [7, 11) is 0. The fraction of sp³-hybridized carbons (Fsp3) is 0.300. The number of halogens is 3. The van der Waals surface area contributed by atoms with E-state index in [1.165, 1.54) is 17.0 Å². The fourth-order valence-corrected chi connectivity index (χ4v) is 3.18. The largest absolute Gasteiger partial charge is 0.479 e. The van der Waals surface area contributed by atoms with Crippen LogP contribution in [0.25, 0.3) is 11.1 Å². The zero-order valence-electron chi connectivity index (χ0n) is 14.9. The summed E-state index contributed by atoms with van der Waals surface area (Å²) in [4.78, 5) is 25.7. The van der Waals surface area contributed by atoms with Crippen LogP contribution in [0, 0.1) is 0 Å². The fourth-order valence-electron chi connectivity index (χ4n) is 3.18. The SMILES string of the molecule is C[C@@H]1CN(C(=O)c2ccccc2-c2ccc(C(F)(F)F)cc2)CC(C(=O)O)O1. The zero-order chi connectivity index (χ0) is 20.5. The highest BCUT2D eigenvalue weighted by Gasteiger charge is 2.34. The van der Waals surface area contributed by atoms with Crippen molar-refractivity contribution in [3.8, 4) is 11.1 Å². The highest BCUT2D eigenvalue weighted by Crippen LogP contribution is 2.32. The molecule has 1 aliphatic rings. The number of carboxylic acid groups (broad SMARTS) is 1. The Labute approximate surface area is 159 Å². The second-order valence-corrected chi connectivity index (χ2v) is 6.60. The molecular weight excluding hydrogens is 375 g/mol. The number of nitrogens with zero attached hydrogens (tertiary/aromatic N) is 1. The van der Waals surface area contributed by atoms with Gasteiger partial charge in [-0.2, -0.15) is 13.2 Å². The second-order valence-electron chi connectivity index (χ2n) is 6.60. The van der Waals surface area contributed by atoms with Crippen molar-refractivity contribution >= 4 is 11.9 Å². The van der Waals surface area contributed by atoms with Crippen LogP contribution < -0.4 is 0 Å². The van der Waals surface area contributed by atoms with Crippen molar-refractivity contribution < 1.29 is 32.6 Å². The van der Waals surface area contributed by atoms with Crippen molar-refractivity contribution in [1.82, 2.24) is 4.90 Å². The first-order chi connectivity index (χ1) is 13.2. The quantitative estimate of drug-likeness (QED) is 0.864. The number of carbonyl (C=O) groups is 2. The van der Waals surface area contributed by atoms with Crippen molar-refractivity contribution in [2.75, 3.05) is 13.1 Å². The number of carboxylic acids is 1. The van der Waals surface area contributed by atoms with Gasteiger partial charge < -0.3 is 14.7 Å². The second kappa shape index (κ2) is 7.63. The highest BCUT2D eigenvalue weighted by atomic mass is 19.4. The molecule has 0 bridgehead atoms. The van der Waals surface area contributed by atoms with Crippen LogP contribution in [0.15, 0.2) is 48.5 Å². The van der Waals surface area contributed by atoms with Crippen LogP contribution >= 0.6 is 0 Å². The molecule has 0 saturated carbocycles. The van der Waals surface area contributed by atoms with Crippen LogP contribution in [0.4, 0.5) is 13.2 Å². The number of rotatable bonds is 3. The van der Waals surface area contributed by atoms with E-state index in [1.807, 2.05) is 0 Å². The van der Waals surface area contributed by atoms with Crippen LogP contribution in [0.1, 0.15) is 22.8 Å². The third-order valence-corrected chi connectivity index (χ3v) is 4.50. The lowest BCUT2D eigenvalue weighted by Gasteiger charge is -2.35. The molecule has 1 heterocycles. The third kappa shape index (κ3) is 4.17. The molecule has 2 atom stereocenters. The summed E-state index contributed by atoms with van der Waals surface area (Å²) >= 11 is 0. The third-order valence-electron chi connectivity index (χ3n) is 4.50. The van der Waals surface area contributed by atoms with Crippen LogP contribution in [0.3, 0.4) is 0 Å². The number of ether oxygens (including phenoxy) is 1. The molecule has 5 nitrogen and oxygen atoms in total. The first-order valence-corrected chi connectivity index (χ1v) is 8.61. The van der Waals surface area contributed by atoms with Crippen molar-refractivity contribution in [2.24, 2.45) is 0 Å². The van der Waals surface area contributed by atoms with Gasteiger partial charge in [0.05, 0.1) is 18.2 Å². The Morgan fingerprint density at radius 2 is 1.71 bits per heavy atom. The van der Waals surface area contributed by atoms with E-state index in [0.29, 0.717) is 16.7 Å². The minimum absolute atomic E-state index is 0.0974. The minimum atomic E-state index is -4.44. The van der Waals surface area contributed by atoms with Crippen LogP contribution in [0.5, 0.6) is 0 Å². The average molecular weight is 393 g/mol. The van der Waals surface area contributed by atoms with Gasteiger partial charge in [-0.05, 0) is 36.2 Å². The molecule has 0 aromatic heterocycles. The molecule has 28 heavy (non-hydrogen) atoms. The van der Waals surface area contributed by atoms with Crippen molar-refractivity contribution in [1.29, 1.82) is 0 Å². The van der Waals surface area contributed by atoms with E-state index >= 15 is 0 Å². The van der Waals surface area contributed by atoms with Gasteiger partial charge >= 0.3 is 12.1 Å².